The van der Waals surface area contributed by atoms with E-state index in [1.165, 1.54) is 34.6 Å². The fourth-order valence-electron chi connectivity index (χ4n) is 7.34. The van der Waals surface area contributed by atoms with E-state index >= 15 is 4.39 Å². The first-order valence-electron chi connectivity index (χ1n) is 18.5. The van der Waals surface area contributed by atoms with Gasteiger partial charge in [0.15, 0.2) is 0 Å². The summed E-state index contributed by atoms with van der Waals surface area (Å²) in [5, 5.41) is 28.9. The Morgan fingerprint density at radius 1 is 1.02 bits per heavy atom. The maximum absolute atomic E-state index is 15.7. The molecule has 5 aromatic rings. The Kier molecular flexibility index (Phi) is 11.3. The third-order valence-electron chi connectivity index (χ3n) is 10.4. The molecule has 4 heterocycles. The van der Waals surface area contributed by atoms with Crippen LogP contribution >= 0.6 is 0 Å². The van der Waals surface area contributed by atoms with Crippen molar-refractivity contribution in [2.45, 2.75) is 51.0 Å². The predicted molar refractivity (Wildman–Crippen MR) is 205 cm³/mol. The molecule has 4 atom stereocenters. The lowest BCUT2D eigenvalue weighted by molar-refractivity contribution is -0.0206. The van der Waals surface area contributed by atoms with E-state index in [1.807, 2.05) is 49.4 Å². The average molecular weight is 752 g/mol. The van der Waals surface area contributed by atoms with E-state index in [2.05, 4.69) is 47.4 Å². The summed E-state index contributed by atoms with van der Waals surface area (Å²) in [6, 6.07) is 19.9. The van der Waals surface area contributed by atoms with Crippen molar-refractivity contribution < 1.29 is 23.8 Å². The number of amides is 2. The van der Waals surface area contributed by atoms with E-state index in [9.17, 15) is 9.90 Å². The summed E-state index contributed by atoms with van der Waals surface area (Å²) in [4.78, 5) is 26.7. The predicted octanol–water partition coefficient (Wildman–Crippen LogP) is 4.62. The number of halogens is 1. The van der Waals surface area contributed by atoms with Crippen LogP contribution in [-0.2, 0) is 16.9 Å². The van der Waals surface area contributed by atoms with E-state index in [1.54, 1.807) is 24.0 Å². The van der Waals surface area contributed by atoms with Gasteiger partial charge in [0.1, 0.15) is 42.5 Å². The molecule has 2 amide bonds. The summed E-state index contributed by atoms with van der Waals surface area (Å²) in [6.45, 7) is 7.96. The Balaban J connectivity index is 0.921. The summed E-state index contributed by atoms with van der Waals surface area (Å²) in [7, 11) is 0. The van der Waals surface area contributed by atoms with Crippen LogP contribution in [0, 0.1) is 17.1 Å². The van der Waals surface area contributed by atoms with E-state index in [0.717, 1.165) is 49.6 Å². The molecule has 3 aromatic carbocycles. The van der Waals surface area contributed by atoms with Gasteiger partial charge in [-0.1, -0.05) is 13.0 Å². The quantitative estimate of drug-likeness (QED) is 0.108. The zero-order chi connectivity index (χ0) is 38.4. The molecule has 0 saturated carbocycles. The molecule has 0 aliphatic carbocycles. The Morgan fingerprint density at radius 2 is 1.67 bits per heavy atom. The number of nitrogens with zero attached hydrogens (tertiary/aromatic N) is 9. The van der Waals surface area contributed by atoms with E-state index in [0.29, 0.717) is 49.5 Å². The summed E-state index contributed by atoms with van der Waals surface area (Å²) in [6.07, 6.45) is 7.41. The van der Waals surface area contributed by atoms with Crippen LogP contribution in [0.25, 0.3) is 5.69 Å². The highest BCUT2D eigenvalue weighted by Crippen LogP contribution is 2.42. The molecule has 2 saturated heterocycles. The van der Waals surface area contributed by atoms with Gasteiger partial charge in [-0.25, -0.2) is 28.5 Å². The highest BCUT2D eigenvalue weighted by atomic mass is 19.1. The second kappa shape index (κ2) is 16.7. The zero-order valence-corrected chi connectivity index (χ0v) is 30.9. The van der Waals surface area contributed by atoms with Crippen molar-refractivity contribution in [2.24, 2.45) is 5.92 Å². The highest BCUT2D eigenvalue weighted by Gasteiger charge is 2.44. The van der Waals surface area contributed by atoms with Gasteiger partial charge in [-0.15, -0.1) is 0 Å². The van der Waals surface area contributed by atoms with Crippen LogP contribution in [0.4, 0.5) is 26.2 Å². The maximum Gasteiger partial charge on any atom is 0.327 e. The molecule has 7 rings (SSSR count). The summed E-state index contributed by atoms with van der Waals surface area (Å²) in [5.74, 6) is 0.382. The molecule has 55 heavy (non-hydrogen) atoms. The molecule has 0 radical (unpaired) electrons. The first kappa shape index (κ1) is 37.4. The first-order chi connectivity index (χ1) is 26.7. The number of benzene rings is 3. The second-order valence-electron chi connectivity index (χ2n) is 14.0. The molecule has 288 valence electrons. The molecule has 16 heteroatoms. The van der Waals surface area contributed by atoms with Crippen molar-refractivity contribution in [3.8, 4) is 11.4 Å². The second-order valence-corrected chi connectivity index (χ2v) is 14.0. The van der Waals surface area contributed by atoms with Crippen LogP contribution in [0.15, 0.2) is 92.0 Å². The molecule has 2 aromatic heterocycles. The molecule has 0 spiro atoms. The molecule has 2 aliphatic heterocycles. The minimum atomic E-state index is -0.948. The lowest BCUT2D eigenvalue weighted by Gasteiger charge is -2.37. The molecule has 15 nitrogen and oxygen atoms in total. The SMILES string of the molecule is CC[C@H](NC(=O)N(C=N)c1ccc(N2CCN(c3ccc(OC[C@@H]4CO[C@@](Cn5cncn5)(c5ccc(-n6cncn6)cc5F)C4)cc3)CC2)cc1)[C@H](C)O. The number of aromatic nitrogens is 6. The lowest BCUT2D eigenvalue weighted by Crippen LogP contribution is -2.48. The van der Waals surface area contributed by atoms with E-state index in [-0.39, 0.29) is 5.92 Å². The number of aliphatic hydroxyl groups is 1. The van der Waals surface area contributed by atoms with E-state index < -0.39 is 29.6 Å². The van der Waals surface area contributed by atoms with Crippen LogP contribution in [0.3, 0.4) is 0 Å². The summed E-state index contributed by atoms with van der Waals surface area (Å²) in [5.41, 5.74) is 2.80. The first-order valence-corrected chi connectivity index (χ1v) is 18.5. The fourth-order valence-corrected chi connectivity index (χ4v) is 7.34. The van der Waals surface area contributed by atoms with Crippen molar-refractivity contribution in [1.29, 1.82) is 5.41 Å². The molecule has 0 bridgehead atoms. The minimum absolute atomic E-state index is 0.0218. The van der Waals surface area contributed by atoms with Crippen molar-refractivity contribution in [3.05, 3.63) is 103 Å². The topological polar surface area (TPSA) is 163 Å². The molecule has 2 fully saturated rings. The van der Waals surface area contributed by atoms with Crippen LogP contribution in [0.5, 0.6) is 5.75 Å². The number of aliphatic hydroxyl groups excluding tert-OH is 1. The van der Waals surface area contributed by atoms with Crippen LogP contribution in [0.1, 0.15) is 32.3 Å². The summed E-state index contributed by atoms with van der Waals surface area (Å²) < 4.78 is 31.6. The molecule has 2 aliphatic rings. The molecule has 0 unspecified atom stereocenters. The van der Waals surface area contributed by atoms with Gasteiger partial charge in [-0.05, 0) is 80.4 Å². The maximum atomic E-state index is 15.7. The van der Waals surface area contributed by atoms with Crippen molar-refractivity contribution >= 4 is 29.4 Å². The van der Waals surface area contributed by atoms with E-state index in [4.69, 9.17) is 14.9 Å². The molecular formula is C39H46FN11O4. The van der Waals surface area contributed by atoms with Crippen molar-refractivity contribution in [2.75, 3.05) is 54.1 Å². The Morgan fingerprint density at radius 3 is 2.25 bits per heavy atom. The summed E-state index contributed by atoms with van der Waals surface area (Å²) >= 11 is 0. The number of ether oxygens (including phenoxy) is 2. The monoisotopic (exact) mass is 751 g/mol. The van der Waals surface area contributed by atoms with Gasteiger partial charge in [0.05, 0.1) is 49.6 Å². The normalized spacial score (nSPS) is 19.5. The van der Waals surface area contributed by atoms with Gasteiger partial charge in [-0.2, -0.15) is 10.2 Å². The zero-order valence-electron chi connectivity index (χ0n) is 30.9. The van der Waals surface area contributed by atoms with Crippen LogP contribution < -0.4 is 24.8 Å². The van der Waals surface area contributed by atoms with Crippen LogP contribution in [-0.4, -0.2) is 98.5 Å². The number of hydrogen-bond acceptors (Lipinski definition) is 11. The fraction of sp³-hybridized carbons (Fsp3) is 0.385. The number of nitrogens with one attached hydrogen (secondary N) is 2. The van der Waals surface area contributed by atoms with Gasteiger partial charge >= 0.3 is 6.03 Å². The lowest BCUT2D eigenvalue weighted by atomic mass is 9.86. The number of hydrogen-bond donors (Lipinski definition) is 3. The van der Waals surface area contributed by atoms with Crippen molar-refractivity contribution in [3.63, 3.8) is 0 Å². The Labute approximate surface area is 318 Å². The average Bonchev–Trinajstić information content (AvgIpc) is 4.01. The van der Waals surface area contributed by atoms with Crippen molar-refractivity contribution in [1.82, 2.24) is 34.8 Å². The minimum Gasteiger partial charge on any atom is -0.493 e. The number of anilines is 3. The van der Waals surface area contributed by atoms with Gasteiger partial charge in [0.2, 0.25) is 0 Å². The third-order valence-corrected chi connectivity index (χ3v) is 10.4. The molecular weight excluding hydrogens is 706 g/mol. The number of carbonyl (C=O) groups excluding carboxylic acids is 1. The standard InChI is InChI=1S/C39H46FN11O4/c1-3-37(28(2)52)46-38(53)50(23-41)32-6-4-30(5-7-32)47-14-16-48(17-15-47)31-8-11-34(12-9-31)54-20-29-19-39(55-21-29,22-49-26-42-24-44-49)35-13-10-33(18-36(35)40)51-27-43-25-45-51/h4-13,18,23-29,37,41,52H,3,14-17,19-22H2,1-2H3,(H,46,53)/t28-,29+,37-,39-/m0/s1. The third kappa shape index (κ3) is 8.44. The van der Waals surface area contributed by atoms with Crippen LogP contribution in [0.2, 0.25) is 0 Å². The van der Waals surface area contributed by atoms with Gasteiger partial charge in [0, 0.05) is 49.0 Å². The number of rotatable bonds is 14. The van der Waals surface area contributed by atoms with Gasteiger partial charge in [0.25, 0.3) is 0 Å². The van der Waals surface area contributed by atoms with Gasteiger partial charge < -0.3 is 29.7 Å². The number of urea groups is 1. The Bertz CT molecular complexity index is 2000. The smallest absolute Gasteiger partial charge is 0.327 e. The molecule has 3 N–H and O–H groups in total. The number of piperazine rings is 1. The highest BCUT2D eigenvalue weighted by molar-refractivity contribution is 6.06. The van der Waals surface area contributed by atoms with Gasteiger partial charge in [-0.3, -0.25) is 10.3 Å². The largest absolute Gasteiger partial charge is 0.493 e. The number of carbonyl (C=O) groups is 1. The Hall–Kier alpha value is -5.87.